The number of rotatable bonds is 2. The summed E-state index contributed by atoms with van der Waals surface area (Å²) in [7, 11) is 1.17. The Hall–Kier alpha value is -1.96. The lowest BCUT2D eigenvalue weighted by Gasteiger charge is -2.07. The first kappa shape index (κ1) is 13.5. The van der Waals surface area contributed by atoms with Gasteiger partial charge in [-0.15, -0.1) is 0 Å². The molecule has 0 radical (unpaired) electrons. The maximum atomic E-state index is 13.8. The number of hydrogen-bond acceptors (Lipinski definition) is 4. The lowest BCUT2D eigenvalue weighted by molar-refractivity contribution is 0.0596. The maximum absolute atomic E-state index is 13.8. The first-order chi connectivity index (χ1) is 8.95. The molecule has 1 aromatic carbocycles. The first-order valence-electron chi connectivity index (χ1n) is 5.01. The van der Waals surface area contributed by atoms with E-state index < -0.39 is 17.6 Å². The van der Waals surface area contributed by atoms with E-state index in [1.807, 2.05) is 0 Å². The Labute approximate surface area is 115 Å². The van der Waals surface area contributed by atoms with Gasteiger partial charge in [-0.25, -0.2) is 18.6 Å². The number of nitrogens with zero attached hydrogens (tertiary/aromatic N) is 2. The largest absolute Gasteiger partial charge is 0.464 e. The SMILES string of the molecule is COC(=O)c1ncn(-c2cc(F)c(Br)cc2F)c1N. The number of benzene rings is 1. The summed E-state index contributed by atoms with van der Waals surface area (Å²) in [6, 6.07) is 1.90. The van der Waals surface area contributed by atoms with Crippen molar-refractivity contribution in [3.05, 3.63) is 40.3 Å². The molecular formula is C11H8BrF2N3O2. The number of aromatic nitrogens is 2. The summed E-state index contributed by atoms with van der Waals surface area (Å²) < 4.78 is 32.7. The second kappa shape index (κ2) is 4.96. The molecule has 1 aromatic heterocycles. The van der Waals surface area contributed by atoms with Crippen molar-refractivity contribution in [3.63, 3.8) is 0 Å². The summed E-state index contributed by atoms with van der Waals surface area (Å²) in [6.07, 6.45) is 1.12. The molecule has 8 heteroatoms. The van der Waals surface area contributed by atoms with Crippen molar-refractivity contribution in [2.24, 2.45) is 0 Å². The van der Waals surface area contributed by atoms with Crippen LogP contribution in [0.5, 0.6) is 0 Å². The molecule has 0 saturated heterocycles. The number of imidazole rings is 1. The normalized spacial score (nSPS) is 10.5. The Morgan fingerprint density at radius 3 is 2.74 bits per heavy atom. The Morgan fingerprint density at radius 1 is 1.42 bits per heavy atom. The number of methoxy groups -OCH3 is 1. The summed E-state index contributed by atoms with van der Waals surface area (Å²) in [6.45, 7) is 0. The van der Waals surface area contributed by atoms with Gasteiger partial charge in [-0.05, 0) is 22.0 Å². The minimum atomic E-state index is -0.755. The Morgan fingerprint density at radius 2 is 2.11 bits per heavy atom. The predicted molar refractivity (Wildman–Crippen MR) is 66.9 cm³/mol. The second-order valence-electron chi connectivity index (χ2n) is 3.56. The number of carbonyl (C=O) groups is 1. The van der Waals surface area contributed by atoms with Gasteiger partial charge < -0.3 is 10.5 Å². The fourth-order valence-electron chi connectivity index (χ4n) is 1.50. The predicted octanol–water partition coefficient (Wildman–Crippen LogP) is 2.28. The molecule has 0 atom stereocenters. The van der Waals surface area contributed by atoms with Crippen LogP contribution in [0.4, 0.5) is 14.6 Å². The van der Waals surface area contributed by atoms with Gasteiger partial charge >= 0.3 is 5.97 Å². The van der Waals surface area contributed by atoms with Crippen LogP contribution in [0, 0.1) is 11.6 Å². The molecule has 1 heterocycles. The summed E-state index contributed by atoms with van der Waals surface area (Å²) in [5.74, 6) is -2.26. The monoisotopic (exact) mass is 331 g/mol. The number of esters is 1. The van der Waals surface area contributed by atoms with Crippen LogP contribution in [-0.4, -0.2) is 22.6 Å². The third-order valence-corrected chi connectivity index (χ3v) is 3.04. The molecule has 0 fully saturated rings. The lowest BCUT2D eigenvalue weighted by Crippen LogP contribution is -2.08. The highest BCUT2D eigenvalue weighted by molar-refractivity contribution is 9.10. The Kier molecular flexibility index (Phi) is 3.52. The van der Waals surface area contributed by atoms with Gasteiger partial charge in [0, 0.05) is 6.07 Å². The number of nitrogen functional groups attached to an aromatic ring is 1. The molecule has 2 aromatic rings. The van der Waals surface area contributed by atoms with E-state index >= 15 is 0 Å². The van der Waals surface area contributed by atoms with Crippen molar-refractivity contribution in [1.29, 1.82) is 0 Å². The topological polar surface area (TPSA) is 70.1 Å². The van der Waals surface area contributed by atoms with E-state index in [0.29, 0.717) is 0 Å². The van der Waals surface area contributed by atoms with E-state index in [-0.39, 0.29) is 21.7 Å². The third kappa shape index (κ3) is 2.30. The van der Waals surface area contributed by atoms with E-state index in [9.17, 15) is 13.6 Å². The summed E-state index contributed by atoms with van der Waals surface area (Å²) in [5.41, 5.74) is 5.35. The number of halogens is 3. The van der Waals surface area contributed by atoms with Crippen molar-refractivity contribution >= 4 is 27.7 Å². The molecule has 0 aliphatic heterocycles. The van der Waals surface area contributed by atoms with Crippen LogP contribution in [0.3, 0.4) is 0 Å². The van der Waals surface area contributed by atoms with Gasteiger partial charge in [0.25, 0.3) is 0 Å². The van der Waals surface area contributed by atoms with Gasteiger partial charge in [0.1, 0.15) is 23.8 Å². The van der Waals surface area contributed by atoms with E-state index in [4.69, 9.17) is 5.73 Å². The molecule has 0 bridgehead atoms. The average Bonchev–Trinajstić information content (AvgIpc) is 2.75. The van der Waals surface area contributed by atoms with E-state index in [1.165, 1.54) is 7.11 Å². The smallest absolute Gasteiger partial charge is 0.360 e. The van der Waals surface area contributed by atoms with Gasteiger partial charge in [0.15, 0.2) is 5.69 Å². The van der Waals surface area contributed by atoms with Crippen LogP contribution < -0.4 is 5.73 Å². The molecule has 100 valence electrons. The van der Waals surface area contributed by atoms with Crippen LogP contribution in [-0.2, 0) is 4.74 Å². The van der Waals surface area contributed by atoms with E-state index in [0.717, 1.165) is 23.0 Å². The molecule has 0 aliphatic rings. The molecule has 0 spiro atoms. The quantitative estimate of drug-likeness (QED) is 0.677. The lowest BCUT2D eigenvalue weighted by atomic mass is 10.3. The van der Waals surface area contributed by atoms with Crippen molar-refractivity contribution in [2.75, 3.05) is 12.8 Å². The van der Waals surface area contributed by atoms with Gasteiger partial charge in [-0.3, -0.25) is 4.57 Å². The highest BCUT2D eigenvalue weighted by atomic mass is 79.9. The molecule has 5 nitrogen and oxygen atoms in total. The van der Waals surface area contributed by atoms with Gasteiger partial charge in [-0.1, -0.05) is 0 Å². The molecule has 0 aliphatic carbocycles. The number of hydrogen-bond donors (Lipinski definition) is 1. The average molecular weight is 332 g/mol. The maximum Gasteiger partial charge on any atom is 0.360 e. The Balaban J connectivity index is 2.57. The van der Waals surface area contributed by atoms with Crippen LogP contribution in [0.1, 0.15) is 10.5 Å². The molecular weight excluding hydrogens is 324 g/mol. The molecule has 2 N–H and O–H groups in total. The van der Waals surface area contributed by atoms with Crippen LogP contribution in [0.25, 0.3) is 5.69 Å². The van der Waals surface area contributed by atoms with Crippen LogP contribution in [0.2, 0.25) is 0 Å². The number of carbonyl (C=O) groups excluding carboxylic acids is 1. The minimum Gasteiger partial charge on any atom is -0.464 e. The van der Waals surface area contributed by atoms with E-state index in [2.05, 4.69) is 25.7 Å². The second-order valence-corrected chi connectivity index (χ2v) is 4.41. The van der Waals surface area contributed by atoms with Crippen molar-refractivity contribution in [2.45, 2.75) is 0 Å². The molecule has 0 unspecified atom stereocenters. The zero-order valence-electron chi connectivity index (χ0n) is 9.65. The zero-order valence-corrected chi connectivity index (χ0v) is 11.2. The highest BCUT2D eigenvalue weighted by Gasteiger charge is 2.19. The molecule has 0 saturated carbocycles. The summed E-state index contributed by atoms with van der Waals surface area (Å²) in [4.78, 5) is 15.1. The fourth-order valence-corrected chi connectivity index (χ4v) is 1.82. The zero-order chi connectivity index (χ0) is 14.2. The number of ether oxygens (including phenoxy) is 1. The van der Waals surface area contributed by atoms with Crippen LogP contribution >= 0.6 is 15.9 Å². The minimum absolute atomic E-state index is 0.0133. The highest BCUT2D eigenvalue weighted by Crippen LogP contribution is 2.25. The van der Waals surface area contributed by atoms with Crippen molar-refractivity contribution in [3.8, 4) is 5.69 Å². The third-order valence-electron chi connectivity index (χ3n) is 2.43. The number of nitrogens with two attached hydrogens (primary N) is 1. The van der Waals surface area contributed by atoms with Crippen molar-refractivity contribution < 1.29 is 18.3 Å². The molecule has 19 heavy (non-hydrogen) atoms. The van der Waals surface area contributed by atoms with Crippen molar-refractivity contribution in [1.82, 2.24) is 9.55 Å². The summed E-state index contributed by atoms with van der Waals surface area (Å²) in [5, 5.41) is 0. The first-order valence-corrected chi connectivity index (χ1v) is 5.81. The summed E-state index contributed by atoms with van der Waals surface area (Å²) >= 11 is 2.87. The molecule has 2 rings (SSSR count). The van der Waals surface area contributed by atoms with E-state index in [1.54, 1.807) is 0 Å². The standard InChI is InChI=1S/C11H8BrF2N3O2/c1-19-11(18)9-10(15)17(4-16-9)8-3-6(13)5(12)2-7(8)14/h2-4H,15H2,1H3. The Bertz CT molecular complexity index is 658. The van der Waals surface area contributed by atoms with Crippen LogP contribution in [0.15, 0.2) is 22.9 Å². The number of anilines is 1. The van der Waals surface area contributed by atoms with Gasteiger partial charge in [0.2, 0.25) is 0 Å². The van der Waals surface area contributed by atoms with Gasteiger partial charge in [-0.2, -0.15) is 0 Å². The fraction of sp³-hybridized carbons (Fsp3) is 0.0909. The molecule has 0 amide bonds. The van der Waals surface area contributed by atoms with Gasteiger partial charge in [0.05, 0.1) is 17.3 Å².